The molecule has 1 saturated heterocycles. The van der Waals surface area contributed by atoms with E-state index in [1.807, 2.05) is 35.5 Å². The van der Waals surface area contributed by atoms with E-state index < -0.39 is 0 Å². The quantitative estimate of drug-likeness (QED) is 0.912. The van der Waals surface area contributed by atoms with Crippen LogP contribution in [0, 0.1) is 0 Å². The molecule has 128 valence electrons. The minimum Gasteiger partial charge on any atom is -0.487 e. The number of pyridine rings is 2. The van der Waals surface area contributed by atoms with Gasteiger partial charge in [-0.1, -0.05) is 0 Å². The number of fused-ring (bicyclic) bond motifs is 1. The number of anilines is 1. The lowest BCUT2D eigenvalue weighted by Crippen LogP contribution is -2.34. The molecule has 5 rings (SSSR count). The van der Waals surface area contributed by atoms with Crippen molar-refractivity contribution in [1.29, 1.82) is 0 Å². The smallest absolute Gasteiger partial charge is 0.255 e. The van der Waals surface area contributed by atoms with Gasteiger partial charge in [-0.05, 0) is 43.0 Å². The number of carbonyl (C=O) groups excluding carboxylic acids is 1. The normalized spacial score (nSPS) is 22.9. The van der Waals surface area contributed by atoms with Crippen molar-refractivity contribution in [2.45, 2.75) is 30.7 Å². The van der Waals surface area contributed by atoms with Gasteiger partial charge in [-0.25, -0.2) is 4.98 Å². The summed E-state index contributed by atoms with van der Waals surface area (Å²) >= 11 is 0. The largest absolute Gasteiger partial charge is 0.487 e. The van der Waals surface area contributed by atoms with Gasteiger partial charge in [0.25, 0.3) is 5.91 Å². The molecule has 6 heteroatoms. The Bertz CT molecular complexity index is 819. The Morgan fingerprint density at radius 1 is 1.32 bits per heavy atom. The predicted molar refractivity (Wildman–Crippen MR) is 92.8 cm³/mol. The van der Waals surface area contributed by atoms with Crippen LogP contribution in [-0.4, -0.2) is 46.0 Å². The van der Waals surface area contributed by atoms with Crippen LogP contribution in [0.2, 0.25) is 0 Å². The summed E-state index contributed by atoms with van der Waals surface area (Å²) in [5.74, 6) is 1.86. The van der Waals surface area contributed by atoms with Gasteiger partial charge in [-0.3, -0.25) is 9.78 Å². The van der Waals surface area contributed by atoms with Crippen LogP contribution in [0.4, 0.5) is 5.82 Å². The Kier molecular flexibility index (Phi) is 3.20. The highest BCUT2D eigenvalue weighted by Gasteiger charge is 2.47. The third-order valence-electron chi connectivity index (χ3n) is 5.49. The lowest BCUT2D eigenvalue weighted by molar-refractivity contribution is 0.0790. The zero-order valence-corrected chi connectivity index (χ0v) is 13.9. The van der Waals surface area contributed by atoms with Crippen LogP contribution >= 0.6 is 0 Å². The highest BCUT2D eigenvalue weighted by atomic mass is 16.5. The van der Waals surface area contributed by atoms with Crippen molar-refractivity contribution in [3.05, 3.63) is 47.9 Å². The molecule has 0 bridgehead atoms. The Morgan fingerprint density at radius 2 is 2.16 bits per heavy atom. The molecule has 6 nitrogen and oxygen atoms in total. The molecule has 0 aromatic carbocycles. The second-order valence-electron chi connectivity index (χ2n) is 7.28. The summed E-state index contributed by atoms with van der Waals surface area (Å²) in [5, 5.41) is 3.44. The fourth-order valence-corrected chi connectivity index (χ4v) is 3.72. The number of amides is 1. The lowest BCUT2D eigenvalue weighted by atomic mass is 10.00. The number of aromatic nitrogens is 2. The van der Waals surface area contributed by atoms with E-state index in [0.29, 0.717) is 23.8 Å². The third kappa shape index (κ3) is 2.62. The zero-order valence-electron chi connectivity index (χ0n) is 13.9. The molecule has 1 unspecified atom stereocenters. The number of hydrogen-bond acceptors (Lipinski definition) is 5. The second-order valence-corrected chi connectivity index (χ2v) is 7.28. The molecule has 2 aromatic heterocycles. The number of carbonyl (C=O) groups is 1. The van der Waals surface area contributed by atoms with Crippen LogP contribution < -0.4 is 10.1 Å². The molecule has 1 saturated carbocycles. The number of ether oxygens (including phenoxy) is 1. The Balaban J connectivity index is 1.32. The van der Waals surface area contributed by atoms with Crippen LogP contribution in [-0.2, 0) is 0 Å². The molecule has 1 amide bonds. The SMILES string of the molecule is O=C(c1cnc2c(c1)OCC1(CC1)N2)N1CCC(c2ccncc2)C1. The third-order valence-corrected chi connectivity index (χ3v) is 5.49. The molecular formula is C19H20N4O2. The van der Waals surface area contributed by atoms with Crippen molar-refractivity contribution in [2.75, 3.05) is 25.0 Å². The van der Waals surface area contributed by atoms with E-state index in [9.17, 15) is 4.79 Å². The highest BCUT2D eigenvalue weighted by molar-refractivity contribution is 5.95. The number of nitrogens with one attached hydrogen (secondary N) is 1. The maximum absolute atomic E-state index is 12.8. The summed E-state index contributed by atoms with van der Waals surface area (Å²) in [5.41, 5.74) is 1.94. The monoisotopic (exact) mass is 336 g/mol. The van der Waals surface area contributed by atoms with Gasteiger partial charge in [-0.15, -0.1) is 0 Å². The molecular weight excluding hydrogens is 316 g/mol. The average molecular weight is 336 g/mol. The zero-order chi connectivity index (χ0) is 16.9. The first-order chi connectivity index (χ1) is 12.2. The molecule has 2 aliphatic heterocycles. The molecule has 25 heavy (non-hydrogen) atoms. The van der Waals surface area contributed by atoms with Crippen molar-refractivity contribution >= 4 is 11.7 Å². The van der Waals surface area contributed by atoms with Crippen LogP contribution in [0.15, 0.2) is 36.8 Å². The van der Waals surface area contributed by atoms with Crippen LogP contribution in [0.1, 0.15) is 41.1 Å². The van der Waals surface area contributed by atoms with Crippen molar-refractivity contribution in [3.8, 4) is 5.75 Å². The topological polar surface area (TPSA) is 67.3 Å². The summed E-state index contributed by atoms with van der Waals surface area (Å²) in [7, 11) is 0. The van der Waals surface area contributed by atoms with Gasteiger partial charge in [0, 0.05) is 37.6 Å². The van der Waals surface area contributed by atoms with Crippen molar-refractivity contribution < 1.29 is 9.53 Å². The van der Waals surface area contributed by atoms with E-state index in [4.69, 9.17) is 4.74 Å². The molecule has 2 aromatic rings. The maximum Gasteiger partial charge on any atom is 0.255 e. The van der Waals surface area contributed by atoms with Crippen LogP contribution in [0.3, 0.4) is 0 Å². The number of rotatable bonds is 2. The highest BCUT2D eigenvalue weighted by Crippen LogP contribution is 2.44. The summed E-state index contributed by atoms with van der Waals surface area (Å²) in [4.78, 5) is 23.3. The minimum atomic E-state index is 0.0298. The number of nitrogens with zero attached hydrogens (tertiary/aromatic N) is 3. The van der Waals surface area contributed by atoms with Gasteiger partial charge < -0.3 is 15.0 Å². The van der Waals surface area contributed by atoms with E-state index in [1.165, 1.54) is 5.56 Å². The molecule has 1 aliphatic carbocycles. The van der Waals surface area contributed by atoms with Gasteiger partial charge in [-0.2, -0.15) is 0 Å². The van der Waals surface area contributed by atoms with Gasteiger partial charge in [0.2, 0.25) is 0 Å². The summed E-state index contributed by atoms with van der Waals surface area (Å²) in [6.45, 7) is 2.17. The Labute approximate surface area is 146 Å². The standard InChI is InChI=1S/C19H20N4O2/c24-18(23-8-3-14(11-23)13-1-6-20-7-2-13)15-9-16-17(21-10-15)22-19(4-5-19)12-25-16/h1-2,6-7,9-10,14H,3-5,8,11-12H2,(H,21,22). The van der Waals surface area contributed by atoms with E-state index in [0.717, 1.165) is 38.2 Å². The first kappa shape index (κ1) is 14.7. The molecule has 1 atom stereocenters. The second kappa shape index (κ2) is 5.44. The van der Waals surface area contributed by atoms with Crippen LogP contribution in [0.5, 0.6) is 5.75 Å². The summed E-state index contributed by atoms with van der Waals surface area (Å²) in [6.07, 6.45) is 8.51. The summed E-state index contributed by atoms with van der Waals surface area (Å²) < 4.78 is 5.84. The predicted octanol–water partition coefficient (Wildman–Crippen LogP) is 2.44. The van der Waals surface area contributed by atoms with Crippen LogP contribution in [0.25, 0.3) is 0 Å². The van der Waals surface area contributed by atoms with Crippen molar-refractivity contribution in [2.24, 2.45) is 0 Å². The first-order valence-corrected chi connectivity index (χ1v) is 8.83. The first-order valence-electron chi connectivity index (χ1n) is 8.83. The summed E-state index contributed by atoms with van der Waals surface area (Å²) in [6, 6.07) is 5.89. The molecule has 1 spiro atoms. The minimum absolute atomic E-state index is 0.0298. The van der Waals surface area contributed by atoms with E-state index in [-0.39, 0.29) is 11.4 Å². The van der Waals surface area contributed by atoms with E-state index >= 15 is 0 Å². The average Bonchev–Trinajstić information content (AvgIpc) is 3.22. The van der Waals surface area contributed by atoms with Gasteiger partial charge >= 0.3 is 0 Å². The molecule has 3 aliphatic rings. The number of hydrogen-bond donors (Lipinski definition) is 1. The number of likely N-dealkylation sites (tertiary alicyclic amines) is 1. The van der Waals surface area contributed by atoms with Crippen molar-refractivity contribution in [1.82, 2.24) is 14.9 Å². The Hall–Kier alpha value is -2.63. The van der Waals surface area contributed by atoms with Crippen molar-refractivity contribution in [3.63, 3.8) is 0 Å². The fraction of sp³-hybridized carbons (Fsp3) is 0.421. The molecule has 0 radical (unpaired) electrons. The Morgan fingerprint density at radius 3 is 2.96 bits per heavy atom. The van der Waals surface area contributed by atoms with Gasteiger partial charge in [0.15, 0.2) is 11.6 Å². The van der Waals surface area contributed by atoms with E-state index in [2.05, 4.69) is 15.3 Å². The fourth-order valence-electron chi connectivity index (χ4n) is 3.72. The molecule has 1 N–H and O–H groups in total. The molecule has 4 heterocycles. The van der Waals surface area contributed by atoms with Gasteiger partial charge in [0.05, 0.1) is 11.1 Å². The lowest BCUT2D eigenvalue weighted by Gasteiger charge is -2.27. The maximum atomic E-state index is 12.8. The van der Waals surface area contributed by atoms with Gasteiger partial charge in [0.1, 0.15) is 6.61 Å². The van der Waals surface area contributed by atoms with E-state index in [1.54, 1.807) is 6.20 Å². The molecule has 2 fully saturated rings.